The van der Waals surface area contributed by atoms with E-state index in [0.717, 1.165) is 9.35 Å². The van der Waals surface area contributed by atoms with Crippen LogP contribution in [0.25, 0.3) is 0 Å². The van der Waals surface area contributed by atoms with E-state index >= 15 is 0 Å². The Kier molecular flexibility index (Phi) is 3.81. The average Bonchev–Trinajstić information content (AvgIpc) is 2.68. The Morgan fingerprint density at radius 2 is 2.29 bits per heavy atom. The van der Waals surface area contributed by atoms with Gasteiger partial charge in [0, 0.05) is 10.6 Å². The molecule has 1 aromatic heterocycles. The first-order valence-corrected chi connectivity index (χ1v) is 6.74. The third kappa shape index (κ3) is 3.06. The molecular formula is C11H8BrClN2OS. The molecule has 0 fully saturated rings. The van der Waals surface area contributed by atoms with Gasteiger partial charge in [-0.2, -0.15) is 0 Å². The maximum Gasteiger partial charge on any atom is 0.257 e. The normalized spacial score (nSPS) is 10.3. The lowest BCUT2D eigenvalue weighted by atomic mass is 10.1. The van der Waals surface area contributed by atoms with Gasteiger partial charge in [-0.1, -0.05) is 29.0 Å². The van der Waals surface area contributed by atoms with Crippen molar-refractivity contribution in [2.75, 3.05) is 5.32 Å². The summed E-state index contributed by atoms with van der Waals surface area (Å²) in [7, 11) is 0. The summed E-state index contributed by atoms with van der Waals surface area (Å²) >= 11 is 10.6. The molecule has 0 saturated carbocycles. The summed E-state index contributed by atoms with van der Waals surface area (Å²) in [4.78, 5) is 15.9. The van der Waals surface area contributed by atoms with Crippen LogP contribution in [-0.2, 0) is 0 Å². The number of aryl methyl sites for hydroxylation is 1. The number of halogens is 2. The van der Waals surface area contributed by atoms with Gasteiger partial charge in [0.05, 0.1) is 9.98 Å². The second kappa shape index (κ2) is 5.16. The number of carbonyl (C=O) groups is 1. The Hall–Kier alpha value is -0.910. The highest BCUT2D eigenvalue weighted by Gasteiger charge is 2.09. The van der Waals surface area contributed by atoms with E-state index in [1.54, 1.807) is 18.3 Å². The van der Waals surface area contributed by atoms with Crippen LogP contribution in [0.3, 0.4) is 0 Å². The molecular weight excluding hydrogens is 324 g/mol. The molecule has 0 unspecified atom stereocenters. The first-order chi connectivity index (χ1) is 8.06. The van der Waals surface area contributed by atoms with Gasteiger partial charge in [-0.05, 0) is 40.5 Å². The lowest BCUT2D eigenvalue weighted by Gasteiger charge is -2.03. The van der Waals surface area contributed by atoms with Crippen molar-refractivity contribution >= 4 is 49.9 Å². The van der Waals surface area contributed by atoms with Gasteiger partial charge in [0.1, 0.15) is 0 Å². The van der Waals surface area contributed by atoms with Crippen LogP contribution in [0.1, 0.15) is 15.9 Å². The SMILES string of the molecule is Cc1ccc(C(=O)Nc2ncc(Br)s2)cc1Cl. The zero-order valence-electron chi connectivity index (χ0n) is 8.83. The van der Waals surface area contributed by atoms with Gasteiger partial charge in [-0.15, -0.1) is 0 Å². The van der Waals surface area contributed by atoms with Gasteiger partial charge in [-0.25, -0.2) is 4.98 Å². The topological polar surface area (TPSA) is 42.0 Å². The van der Waals surface area contributed by atoms with Crippen molar-refractivity contribution in [3.05, 3.63) is 44.3 Å². The minimum Gasteiger partial charge on any atom is -0.298 e. The molecule has 0 spiro atoms. The molecule has 0 aliphatic rings. The predicted molar refractivity (Wildman–Crippen MR) is 74.0 cm³/mol. The van der Waals surface area contributed by atoms with Gasteiger partial charge in [0.15, 0.2) is 5.13 Å². The monoisotopic (exact) mass is 330 g/mol. The number of carbonyl (C=O) groups excluding carboxylic acids is 1. The van der Waals surface area contributed by atoms with E-state index in [2.05, 4.69) is 26.2 Å². The Balaban J connectivity index is 2.17. The maximum absolute atomic E-state index is 11.9. The molecule has 0 saturated heterocycles. The number of nitrogens with zero attached hydrogens (tertiary/aromatic N) is 1. The van der Waals surface area contributed by atoms with Crippen LogP contribution >= 0.6 is 38.9 Å². The van der Waals surface area contributed by atoms with E-state index in [9.17, 15) is 4.79 Å². The minimum atomic E-state index is -0.214. The van der Waals surface area contributed by atoms with E-state index < -0.39 is 0 Å². The first kappa shape index (κ1) is 12.5. The molecule has 17 heavy (non-hydrogen) atoms. The second-order valence-corrected chi connectivity index (χ2v) is 6.20. The summed E-state index contributed by atoms with van der Waals surface area (Å²) in [6.07, 6.45) is 1.64. The third-order valence-corrected chi connectivity index (χ3v) is 3.93. The third-order valence-electron chi connectivity index (χ3n) is 2.13. The lowest BCUT2D eigenvalue weighted by molar-refractivity contribution is 0.102. The molecule has 0 atom stereocenters. The quantitative estimate of drug-likeness (QED) is 0.899. The molecule has 6 heteroatoms. The average molecular weight is 332 g/mol. The number of amides is 1. The van der Waals surface area contributed by atoms with Crippen LogP contribution in [0.4, 0.5) is 5.13 Å². The largest absolute Gasteiger partial charge is 0.298 e. The minimum absolute atomic E-state index is 0.214. The van der Waals surface area contributed by atoms with Crippen molar-refractivity contribution in [1.29, 1.82) is 0 Å². The maximum atomic E-state index is 11.9. The van der Waals surface area contributed by atoms with Crippen molar-refractivity contribution in [2.24, 2.45) is 0 Å². The molecule has 1 amide bonds. The summed E-state index contributed by atoms with van der Waals surface area (Å²) in [6.45, 7) is 1.89. The van der Waals surface area contributed by atoms with Gasteiger partial charge in [-0.3, -0.25) is 10.1 Å². The molecule has 0 aliphatic heterocycles. The molecule has 3 nitrogen and oxygen atoms in total. The Labute approximate surface area is 116 Å². The Morgan fingerprint density at radius 3 is 2.88 bits per heavy atom. The van der Waals surface area contributed by atoms with Crippen LogP contribution in [-0.4, -0.2) is 10.9 Å². The molecule has 1 heterocycles. The molecule has 2 rings (SSSR count). The lowest BCUT2D eigenvalue weighted by Crippen LogP contribution is -2.11. The van der Waals surface area contributed by atoms with Crippen LogP contribution in [0.5, 0.6) is 0 Å². The fraction of sp³-hybridized carbons (Fsp3) is 0.0909. The van der Waals surface area contributed by atoms with Gasteiger partial charge < -0.3 is 0 Å². The molecule has 2 aromatic rings. The number of hydrogen-bond acceptors (Lipinski definition) is 3. The highest BCUT2D eigenvalue weighted by Crippen LogP contribution is 2.24. The molecule has 1 aromatic carbocycles. The highest BCUT2D eigenvalue weighted by atomic mass is 79.9. The predicted octanol–water partition coefficient (Wildman–Crippen LogP) is 4.12. The van der Waals surface area contributed by atoms with E-state index in [0.29, 0.717) is 15.7 Å². The Bertz CT molecular complexity index is 570. The molecule has 0 bridgehead atoms. The fourth-order valence-electron chi connectivity index (χ4n) is 1.22. The van der Waals surface area contributed by atoms with E-state index in [4.69, 9.17) is 11.6 Å². The number of nitrogens with one attached hydrogen (secondary N) is 1. The van der Waals surface area contributed by atoms with Crippen LogP contribution in [0.15, 0.2) is 28.2 Å². The summed E-state index contributed by atoms with van der Waals surface area (Å²) in [5.41, 5.74) is 1.46. The number of thiazole rings is 1. The van der Waals surface area contributed by atoms with Crippen molar-refractivity contribution < 1.29 is 4.79 Å². The van der Waals surface area contributed by atoms with Crippen LogP contribution in [0, 0.1) is 6.92 Å². The number of anilines is 1. The summed E-state index contributed by atoms with van der Waals surface area (Å²) in [5, 5.41) is 3.84. The smallest absolute Gasteiger partial charge is 0.257 e. The van der Waals surface area contributed by atoms with Crippen molar-refractivity contribution in [3.8, 4) is 0 Å². The fourth-order valence-corrected chi connectivity index (χ4v) is 2.50. The van der Waals surface area contributed by atoms with Crippen LogP contribution in [0.2, 0.25) is 5.02 Å². The number of rotatable bonds is 2. The zero-order valence-corrected chi connectivity index (χ0v) is 12.0. The number of aromatic nitrogens is 1. The van der Waals surface area contributed by atoms with E-state index in [1.807, 2.05) is 13.0 Å². The zero-order chi connectivity index (χ0) is 12.4. The summed E-state index contributed by atoms with van der Waals surface area (Å²) in [6, 6.07) is 5.20. The first-order valence-electron chi connectivity index (χ1n) is 4.75. The second-order valence-electron chi connectivity index (χ2n) is 3.39. The molecule has 0 radical (unpaired) electrons. The highest BCUT2D eigenvalue weighted by molar-refractivity contribution is 9.11. The van der Waals surface area contributed by atoms with Gasteiger partial charge >= 0.3 is 0 Å². The van der Waals surface area contributed by atoms with Gasteiger partial charge in [0.2, 0.25) is 0 Å². The van der Waals surface area contributed by atoms with Crippen LogP contribution < -0.4 is 5.32 Å². The number of hydrogen-bond donors (Lipinski definition) is 1. The number of benzene rings is 1. The summed E-state index contributed by atoms with van der Waals surface area (Å²) in [5.74, 6) is -0.214. The van der Waals surface area contributed by atoms with Crippen molar-refractivity contribution in [3.63, 3.8) is 0 Å². The van der Waals surface area contributed by atoms with E-state index in [-0.39, 0.29) is 5.91 Å². The molecule has 0 aliphatic carbocycles. The van der Waals surface area contributed by atoms with Crippen molar-refractivity contribution in [2.45, 2.75) is 6.92 Å². The van der Waals surface area contributed by atoms with E-state index in [1.165, 1.54) is 11.3 Å². The Morgan fingerprint density at radius 1 is 1.53 bits per heavy atom. The van der Waals surface area contributed by atoms with Crippen molar-refractivity contribution in [1.82, 2.24) is 4.98 Å². The standard InChI is InChI=1S/C11H8BrClN2OS/c1-6-2-3-7(4-8(6)13)10(16)15-11-14-5-9(12)17-11/h2-5H,1H3,(H,14,15,16). The molecule has 1 N–H and O–H groups in total. The molecule has 88 valence electrons. The van der Waals surface area contributed by atoms with Gasteiger partial charge in [0.25, 0.3) is 5.91 Å². The summed E-state index contributed by atoms with van der Waals surface area (Å²) < 4.78 is 0.870.